The molecular weight excluding hydrogens is 597 g/mol. The van der Waals surface area contributed by atoms with E-state index in [2.05, 4.69) is 61.2 Å². The maximum atomic E-state index is 13.8. The summed E-state index contributed by atoms with van der Waals surface area (Å²) in [7, 11) is 0. The van der Waals surface area contributed by atoms with Gasteiger partial charge in [-0.25, -0.2) is 13.1 Å². The van der Waals surface area contributed by atoms with Crippen molar-refractivity contribution in [3.8, 4) is 11.4 Å². The first-order chi connectivity index (χ1) is 17.1. The van der Waals surface area contributed by atoms with Crippen LogP contribution in [0.4, 0.5) is 14.5 Å². The van der Waals surface area contributed by atoms with Crippen molar-refractivity contribution in [3.05, 3.63) is 79.8 Å². The van der Waals surface area contributed by atoms with Gasteiger partial charge >= 0.3 is 5.56 Å². The molecule has 1 fully saturated rings. The number of rotatable bonds is 7. The smallest absolute Gasteiger partial charge is 0.316 e. The molecule has 0 aliphatic carbocycles. The third kappa shape index (κ3) is 6.98. The fourth-order valence-electron chi connectivity index (χ4n) is 3.73. The van der Waals surface area contributed by atoms with Crippen molar-refractivity contribution in [3.63, 3.8) is 0 Å². The first kappa shape index (κ1) is 26.9. The average molecular weight is 627 g/mol. The molecule has 192 valence electrons. The van der Waals surface area contributed by atoms with Crippen LogP contribution in [-0.4, -0.2) is 46.9 Å². The highest BCUT2D eigenvalue weighted by atomic mass is 127. The summed E-state index contributed by atoms with van der Waals surface area (Å²) in [4.78, 5) is 15.5. The molecular formula is C26H29F2IN4O2S. The molecule has 2 aromatic carbocycles. The van der Waals surface area contributed by atoms with Crippen LogP contribution >= 0.6 is 34.5 Å². The molecule has 0 unspecified atom stereocenters. The highest BCUT2D eigenvalue weighted by Gasteiger charge is 2.25. The Bertz CT molecular complexity index is 1240. The second kappa shape index (κ2) is 11.5. The number of ether oxygens (including phenoxy) is 1. The molecule has 1 saturated heterocycles. The zero-order chi connectivity index (χ0) is 25.9. The van der Waals surface area contributed by atoms with Gasteiger partial charge in [0.25, 0.3) is 0 Å². The van der Waals surface area contributed by atoms with E-state index in [-0.39, 0.29) is 16.9 Å². The van der Waals surface area contributed by atoms with Gasteiger partial charge in [0.1, 0.15) is 17.3 Å². The van der Waals surface area contributed by atoms with Crippen molar-refractivity contribution in [2.45, 2.75) is 26.5 Å². The zero-order valence-electron chi connectivity index (χ0n) is 20.5. The fraction of sp³-hybridized carbons (Fsp3) is 0.385. The van der Waals surface area contributed by atoms with Crippen LogP contribution in [0.25, 0.3) is 5.69 Å². The Labute approximate surface area is 227 Å². The summed E-state index contributed by atoms with van der Waals surface area (Å²) < 4.78 is 38.2. The predicted molar refractivity (Wildman–Crippen MR) is 149 cm³/mol. The molecule has 1 aromatic heterocycles. The van der Waals surface area contributed by atoms with Crippen LogP contribution in [-0.2, 0) is 5.75 Å². The summed E-state index contributed by atoms with van der Waals surface area (Å²) in [6.45, 7) is 9.37. The van der Waals surface area contributed by atoms with Crippen LogP contribution < -0.4 is 15.2 Å². The number of nitrogens with zero attached hydrogens (tertiary/aromatic N) is 4. The van der Waals surface area contributed by atoms with Gasteiger partial charge in [-0.1, -0.05) is 44.9 Å². The maximum Gasteiger partial charge on any atom is 0.316 e. The van der Waals surface area contributed by atoms with Crippen LogP contribution in [0.15, 0.2) is 53.5 Å². The Morgan fingerprint density at radius 1 is 1.03 bits per heavy atom. The van der Waals surface area contributed by atoms with E-state index >= 15 is 0 Å². The summed E-state index contributed by atoms with van der Waals surface area (Å²) in [5, 5.41) is 4.24. The van der Waals surface area contributed by atoms with Crippen molar-refractivity contribution in [1.82, 2.24) is 14.1 Å². The van der Waals surface area contributed by atoms with E-state index in [1.807, 2.05) is 20.8 Å². The molecule has 10 heteroatoms. The van der Waals surface area contributed by atoms with Gasteiger partial charge in [-0.2, -0.15) is 9.78 Å². The Morgan fingerprint density at radius 3 is 2.28 bits per heavy atom. The van der Waals surface area contributed by atoms with Gasteiger partial charge in [0, 0.05) is 41.6 Å². The van der Waals surface area contributed by atoms with Gasteiger partial charge in [0.15, 0.2) is 0 Å². The molecule has 2 heterocycles. The minimum absolute atomic E-state index is 0.0153. The monoisotopic (exact) mass is 626 g/mol. The van der Waals surface area contributed by atoms with E-state index in [0.717, 1.165) is 41.7 Å². The van der Waals surface area contributed by atoms with Crippen molar-refractivity contribution in [2.24, 2.45) is 5.41 Å². The molecule has 0 saturated carbocycles. The third-order valence-electron chi connectivity index (χ3n) is 5.56. The normalized spacial score (nSPS) is 14.8. The fourth-order valence-corrected chi connectivity index (χ4v) is 5.03. The molecule has 1 aliphatic heterocycles. The van der Waals surface area contributed by atoms with E-state index in [0.29, 0.717) is 25.4 Å². The van der Waals surface area contributed by atoms with E-state index in [1.165, 1.54) is 9.13 Å². The molecule has 0 spiro atoms. The molecule has 6 nitrogen and oxygen atoms in total. The summed E-state index contributed by atoms with van der Waals surface area (Å²) in [6.07, 6.45) is 1.55. The van der Waals surface area contributed by atoms with Crippen molar-refractivity contribution in [1.29, 1.82) is 0 Å². The Kier molecular flexibility index (Phi) is 8.56. The van der Waals surface area contributed by atoms with Crippen LogP contribution in [0.5, 0.6) is 5.75 Å². The van der Waals surface area contributed by atoms with Crippen molar-refractivity contribution < 1.29 is 13.5 Å². The largest absolute Gasteiger partial charge is 0.486 e. The lowest BCUT2D eigenvalue weighted by atomic mass is 9.99. The predicted octanol–water partition coefficient (Wildman–Crippen LogP) is 5.51. The highest BCUT2D eigenvalue weighted by molar-refractivity contribution is 14.1. The molecule has 0 bridgehead atoms. The summed E-state index contributed by atoms with van der Waals surface area (Å²) in [5.41, 5.74) is 1.16. The van der Waals surface area contributed by atoms with Crippen LogP contribution in [0, 0.1) is 20.6 Å². The number of hydrogen-bond donors (Lipinski definition) is 0. The molecule has 0 amide bonds. The zero-order valence-corrected chi connectivity index (χ0v) is 23.5. The molecule has 0 radical (unpaired) electrons. The first-order valence-electron chi connectivity index (χ1n) is 11.7. The third-order valence-corrected chi connectivity index (χ3v) is 7.47. The second-order valence-electron chi connectivity index (χ2n) is 9.87. The number of anilines is 1. The van der Waals surface area contributed by atoms with Gasteiger partial charge in [0.05, 0.1) is 18.5 Å². The van der Waals surface area contributed by atoms with Gasteiger partial charge < -0.3 is 9.64 Å². The van der Waals surface area contributed by atoms with Crippen molar-refractivity contribution >= 4 is 40.2 Å². The lowest BCUT2D eigenvalue weighted by Crippen LogP contribution is -2.44. The molecule has 1 aliphatic rings. The topological polar surface area (TPSA) is 50.6 Å². The Morgan fingerprint density at radius 2 is 1.67 bits per heavy atom. The first-order valence-corrected chi connectivity index (χ1v) is 13.7. The van der Waals surface area contributed by atoms with Gasteiger partial charge in [0.2, 0.25) is 5.75 Å². The van der Waals surface area contributed by atoms with Crippen LogP contribution in [0.1, 0.15) is 26.3 Å². The summed E-state index contributed by atoms with van der Waals surface area (Å²) in [6, 6.07) is 11.4. The number of hydrogen-bond acceptors (Lipinski definition) is 6. The minimum atomic E-state index is -0.779. The summed E-state index contributed by atoms with van der Waals surface area (Å²) in [5.74, 6) is -0.513. The quantitative estimate of drug-likeness (QED) is 0.255. The minimum Gasteiger partial charge on any atom is -0.486 e. The standard InChI is InChI=1S/C26H29F2IN4O2S/c1-26(2,3)17-35-24-23(15-30-33(25(24)34)22-13-19(27)12-20(28)14-22)31-8-10-32(11-9-31)36-16-18-4-6-21(29)7-5-18/h4-7,12-15H,8-11,16-17H2,1-3H3. The molecule has 3 aromatic rings. The SMILES string of the molecule is CC(C)(C)COc1c(N2CCN(SCc3ccc(I)cc3)CC2)cnn(-c2cc(F)cc(F)c2)c1=O. The summed E-state index contributed by atoms with van der Waals surface area (Å²) >= 11 is 4.10. The number of aromatic nitrogens is 2. The average Bonchev–Trinajstić information content (AvgIpc) is 2.82. The number of piperazine rings is 1. The Balaban J connectivity index is 1.52. The Hall–Kier alpha value is -2.18. The second-order valence-corrected chi connectivity index (χ2v) is 12.2. The molecule has 4 rings (SSSR count). The van der Waals surface area contributed by atoms with Gasteiger partial charge in [-0.3, -0.25) is 4.79 Å². The van der Waals surface area contributed by atoms with Crippen molar-refractivity contribution in [2.75, 3.05) is 37.7 Å². The highest BCUT2D eigenvalue weighted by Crippen LogP contribution is 2.29. The lowest BCUT2D eigenvalue weighted by Gasteiger charge is -2.36. The van der Waals surface area contributed by atoms with Crippen LogP contribution in [0.3, 0.4) is 0 Å². The maximum absolute atomic E-state index is 13.8. The molecule has 36 heavy (non-hydrogen) atoms. The molecule has 0 N–H and O–H groups in total. The lowest BCUT2D eigenvalue weighted by molar-refractivity contribution is 0.195. The van der Waals surface area contributed by atoms with E-state index in [4.69, 9.17) is 4.74 Å². The van der Waals surface area contributed by atoms with E-state index in [9.17, 15) is 13.6 Å². The van der Waals surface area contributed by atoms with E-state index < -0.39 is 17.2 Å². The number of halogens is 3. The molecule has 0 atom stereocenters. The van der Waals surface area contributed by atoms with Crippen LogP contribution in [0.2, 0.25) is 0 Å². The van der Waals surface area contributed by atoms with Gasteiger partial charge in [-0.15, -0.1) is 0 Å². The number of benzene rings is 2. The van der Waals surface area contributed by atoms with E-state index in [1.54, 1.807) is 18.1 Å². The van der Waals surface area contributed by atoms with Gasteiger partial charge in [-0.05, 0) is 57.8 Å².